The lowest BCUT2D eigenvalue weighted by Crippen LogP contribution is -2.40. The van der Waals surface area contributed by atoms with Crippen LogP contribution in [0, 0.1) is 0 Å². The molecule has 1 saturated heterocycles. The summed E-state index contributed by atoms with van der Waals surface area (Å²) in [5, 5.41) is 0. The van der Waals surface area contributed by atoms with E-state index >= 15 is 0 Å². The van der Waals surface area contributed by atoms with E-state index in [1.807, 2.05) is 0 Å². The van der Waals surface area contributed by atoms with Crippen LogP contribution in [0.5, 0.6) is 17.2 Å². The van der Waals surface area contributed by atoms with Crippen molar-refractivity contribution in [2.75, 3.05) is 34.4 Å². The molecule has 0 aromatic heterocycles. The molecule has 138 valence electrons. The summed E-state index contributed by atoms with van der Waals surface area (Å²) in [6, 6.07) is 13.4. The number of fused-ring (bicyclic) bond motifs is 3. The van der Waals surface area contributed by atoms with Gasteiger partial charge in [-0.1, -0.05) is 12.1 Å². The first-order valence-corrected chi connectivity index (χ1v) is 9.36. The molecule has 0 radical (unpaired) electrons. The zero-order valence-electron chi connectivity index (χ0n) is 15.8. The third-order valence-electron chi connectivity index (χ3n) is 5.97. The predicted molar refractivity (Wildman–Crippen MR) is 103 cm³/mol. The van der Waals surface area contributed by atoms with Gasteiger partial charge in [-0.3, -0.25) is 4.90 Å². The quantitative estimate of drug-likeness (QED) is 0.825. The number of methoxy groups -OCH3 is 3. The molecule has 26 heavy (non-hydrogen) atoms. The average Bonchev–Trinajstić information content (AvgIpc) is 2.72. The average molecular weight is 353 g/mol. The molecule has 2 aliphatic rings. The van der Waals surface area contributed by atoms with Gasteiger partial charge in [0.2, 0.25) is 0 Å². The predicted octanol–water partition coefficient (Wildman–Crippen LogP) is 4.19. The van der Waals surface area contributed by atoms with Gasteiger partial charge in [0.15, 0.2) is 11.5 Å². The zero-order valence-corrected chi connectivity index (χ0v) is 15.8. The third-order valence-corrected chi connectivity index (χ3v) is 5.97. The highest BCUT2D eigenvalue weighted by Crippen LogP contribution is 2.45. The highest BCUT2D eigenvalue weighted by Gasteiger charge is 2.34. The summed E-state index contributed by atoms with van der Waals surface area (Å²) in [5.74, 6) is 3.18. The molecule has 0 N–H and O–H groups in total. The van der Waals surface area contributed by atoms with Crippen molar-refractivity contribution >= 4 is 0 Å². The van der Waals surface area contributed by atoms with E-state index in [0.717, 1.165) is 43.2 Å². The van der Waals surface area contributed by atoms with Gasteiger partial charge in [0.05, 0.1) is 21.3 Å². The Bertz CT molecular complexity index is 772. The number of nitrogens with zero attached hydrogens (tertiary/aromatic N) is 1. The lowest BCUT2D eigenvalue weighted by Gasteiger charge is -2.44. The van der Waals surface area contributed by atoms with Crippen LogP contribution >= 0.6 is 0 Å². The maximum atomic E-state index is 5.56. The van der Waals surface area contributed by atoms with Gasteiger partial charge in [-0.25, -0.2) is 0 Å². The van der Waals surface area contributed by atoms with Crippen LogP contribution in [0.2, 0.25) is 0 Å². The van der Waals surface area contributed by atoms with Crippen LogP contribution in [0.1, 0.15) is 41.5 Å². The SMILES string of the molecule is COc1ccc([C@H]2CCN3CCc4cc(OC)c(OC)cc4[C@@H]3C2)cc1. The number of hydrogen-bond acceptors (Lipinski definition) is 4. The minimum atomic E-state index is 0.458. The van der Waals surface area contributed by atoms with Crippen molar-refractivity contribution in [2.24, 2.45) is 0 Å². The van der Waals surface area contributed by atoms with E-state index in [1.165, 1.54) is 23.1 Å². The first-order valence-electron chi connectivity index (χ1n) is 9.36. The van der Waals surface area contributed by atoms with Crippen molar-refractivity contribution in [2.45, 2.75) is 31.2 Å². The lowest BCUT2D eigenvalue weighted by molar-refractivity contribution is 0.125. The van der Waals surface area contributed by atoms with Crippen LogP contribution in [0.25, 0.3) is 0 Å². The first-order chi connectivity index (χ1) is 12.7. The molecule has 4 nitrogen and oxygen atoms in total. The van der Waals surface area contributed by atoms with Gasteiger partial charge >= 0.3 is 0 Å². The minimum Gasteiger partial charge on any atom is -0.497 e. The van der Waals surface area contributed by atoms with E-state index in [1.54, 1.807) is 21.3 Å². The molecule has 4 heteroatoms. The highest BCUT2D eigenvalue weighted by atomic mass is 16.5. The summed E-state index contributed by atoms with van der Waals surface area (Å²) >= 11 is 0. The van der Waals surface area contributed by atoms with Gasteiger partial charge in [0.1, 0.15) is 5.75 Å². The molecule has 2 aromatic rings. The Hall–Kier alpha value is -2.20. The Morgan fingerprint density at radius 3 is 2.31 bits per heavy atom. The Kier molecular flexibility index (Phi) is 4.77. The van der Waals surface area contributed by atoms with Crippen LogP contribution < -0.4 is 14.2 Å². The molecule has 0 saturated carbocycles. The molecular weight excluding hydrogens is 326 g/mol. The van der Waals surface area contributed by atoms with E-state index in [-0.39, 0.29) is 0 Å². The van der Waals surface area contributed by atoms with Gasteiger partial charge in [0.25, 0.3) is 0 Å². The third kappa shape index (κ3) is 3.03. The second-order valence-electron chi connectivity index (χ2n) is 7.20. The molecule has 2 heterocycles. The standard InChI is InChI=1S/C22H27NO3/c1-24-18-6-4-15(5-7-18)16-8-10-23-11-9-17-13-21(25-2)22(26-3)14-19(17)20(23)12-16/h4-7,13-14,16,20H,8-12H2,1-3H3/t16-,20-/m0/s1. The number of benzene rings is 2. The Balaban J connectivity index is 1.63. The molecule has 0 unspecified atom stereocenters. The van der Waals surface area contributed by atoms with Crippen molar-refractivity contribution in [3.05, 3.63) is 53.1 Å². The smallest absolute Gasteiger partial charge is 0.161 e. The Morgan fingerprint density at radius 1 is 0.885 bits per heavy atom. The maximum Gasteiger partial charge on any atom is 0.161 e. The zero-order chi connectivity index (χ0) is 18.1. The summed E-state index contributed by atoms with van der Waals surface area (Å²) in [6.07, 6.45) is 3.44. The normalized spacial score (nSPS) is 22.3. The van der Waals surface area contributed by atoms with Crippen molar-refractivity contribution in [3.8, 4) is 17.2 Å². The fourth-order valence-corrected chi connectivity index (χ4v) is 4.51. The molecule has 0 spiro atoms. The number of piperidine rings is 1. The largest absolute Gasteiger partial charge is 0.497 e. The van der Waals surface area contributed by atoms with Crippen LogP contribution in [-0.2, 0) is 6.42 Å². The van der Waals surface area contributed by atoms with Gasteiger partial charge in [-0.05, 0) is 72.7 Å². The van der Waals surface area contributed by atoms with Gasteiger partial charge in [-0.2, -0.15) is 0 Å². The molecular formula is C22H27NO3. The molecule has 2 atom stereocenters. The second-order valence-corrected chi connectivity index (χ2v) is 7.20. The maximum absolute atomic E-state index is 5.56. The molecule has 4 rings (SSSR count). The number of rotatable bonds is 4. The fourth-order valence-electron chi connectivity index (χ4n) is 4.51. The highest BCUT2D eigenvalue weighted by molar-refractivity contribution is 5.49. The van der Waals surface area contributed by atoms with E-state index < -0.39 is 0 Å². The van der Waals surface area contributed by atoms with E-state index in [4.69, 9.17) is 14.2 Å². The molecule has 0 aliphatic carbocycles. The van der Waals surface area contributed by atoms with Crippen molar-refractivity contribution in [3.63, 3.8) is 0 Å². The molecule has 0 amide bonds. The fraction of sp³-hybridized carbons (Fsp3) is 0.455. The second kappa shape index (κ2) is 7.20. The number of ether oxygens (including phenoxy) is 3. The summed E-state index contributed by atoms with van der Waals surface area (Å²) in [6.45, 7) is 2.28. The monoisotopic (exact) mass is 353 g/mol. The van der Waals surface area contributed by atoms with Crippen molar-refractivity contribution in [1.82, 2.24) is 4.90 Å². The molecule has 0 bridgehead atoms. The molecule has 1 fully saturated rings. The summed E-state index contributed by atoms with van der Waals surface area (Å²) in [7, 11) is 5.14. The molecule has 2 aliphatic heterocycles. The van der Waals surface area contributed by atoms with Gasteiger partial charge < -0.3 is 14.2 Å². The van der Waals surface area contributed by atoms with E-state index in [2.05, 4.69) is 41.3 Å². The topological polar surface area (TPSA) is 30.9 Å². The van der Waals surface area contributed by atoms with E-state index in [0.29, 0.717) is 12.0 Å². The van der Waals surface area contributed by atoms with Crippen molar-refractivity contribution in [1.29, 1.82) is 0 Å². The molecule has 2 aromatic carbocycles. The van der Waals surface area contributed by atoms with Gasteiger partial charge in [0, 0.05) is 12.6 Å². The van der Waals surface area contributed by atoms with Crippen LogP contribution in [0.3, 0.4) is 0 Å². The summed E-state index contributed by atoms with van der Waals surface area (Å²) < 4.78 is 16.4. The van der Waals surface area contributed by atoms with Crippen LogP contribution in [0.4, 0.5) is 0 Å². The summed E-state index contributed by atoms with van der Waals surface area (Å²) in [5.41, 5.74) is 4.23. The van der Waals surface area contributed by atoms with Crippen molar-refractivity contribution < 1.29 is 14.2 Å². The minimum absolute atomic E-state index is 0.458. The van der Waals surface area contributed by atoms with Crippen LogP contribution in [-0.4, -0.2) is 39.3 Å². The summed E-state index contributed by atoms with van der Waals surface area (Å²) in [4.78, 5) is 2.63. The van der Waals surface area contributed by atoms with Crippen LogP contribution in [0.15, 0.2) is 36.4 Å². The Labute approximate surface area is 155 Å². The first kappa shape index (κ1) is 17.2. The van der Waals surface area contributed by atoms with Gasteiger partial charge in [-0.15, -0.1) is 0 Å². The number of hydrogen-bond donors (Lipinski definition) is 0. The lowest BCUT2D eigenvalue weighted by atomic mass is 9.79. The Morgan fingerprint density at radius 2 is 1.62 bits per heavy atom. The van der Waals surface area contributed by atoms with E-state index in [9.17, 15) is 0 Å².